The third-order valence-corrected chi connectivity index (χ3v) is 5.66. The highest BCUT2D eigenvalue weighted by atomic mass is 16.3. The summed E-state index contributed by atoms with van der Waals surface area (Å²) in [6.07, 6.45) is 4.30. The number of aliphatic hydroxyl groups excluding tert-OH is 1. The fraction of sp³-hybridized carbons (Fsp3) is 0.529. The van der Waals surface area contributed by atoms with E-state index < -0.39 is 0 Å². The first-order chi connectivity index (χ1) is 9.84. The Morgan fingerprint density at radius 3 is 3.00 bits per heavy atom. The Hall–Kier alpha value is -1.32. The van der Waals surface area contributed by atoms with E-state index in [0.29, 0.717) is 12.0 Å². The number of piperidine rings is 1. The van der Waals surface area contributed by atoms with Gasteiger partial charge in [-0.1, -0.05) is 18.2 Å². The van der Waals surface area contributed by atoms with Gasteiger partial charge in [-0.15, -0.1) is 0 Å². The molecule has 0 saturated carbocycles. The van der Waals surface area contributed by atoms with Gasteiger partial charge in [-0.3, -0.25) is 4.90 Å². The van der Waals surface area contributed by atoms with E-state index in [0.717, 1.165) is 12.8 Å². The second-order valence-corrected chi connectivity index (χ2v) is 6.60. The fourth-order valence-corrected chi connectivity index (χ4v) is 4.93. The van der Waals surface area contributed by atoms with E-state index in [1.165, 1.54) is 48.1 Å². The summed E-state index contributed by atoms with van der Waals surface area (Å²) in [5, 5.41) is 12.0. The average Bonchev–Trinajstić information content (AvgIpc) is 2.82. The SMILES string of the molecule is OC1C[C@H]2CCCN3CCc4c(n1c1ccccc41)[C@@H]23. The zero-order chi connectivity index (χ0) is 13.3. The largest absolute Gasteiger partial charge is 0.373 e. The molecule has 20 heavy (non-hydrogen) atoms. The number of hydrogen-bond acceptors (Lipinski definition) is 2. The zero-order valence-electron chi connectivity index (χ0n) is 11.6. The van der Waals surface area contributed by atoms with Crippen LogP contribution in [-0.2, 0) is 6.42 Å². The summed E-state index contributed by atoms with van der Waals surface area (Å²) in [7, 11) is 0. The minimum atomic E-state index is -0.331. The molecule has 3 heteroatoms. The van der Waals surface area contributed by atoms with Crippen LogP contribution in [0.3, 0.4) is 0 Å². The molecule has 4 heterocycles. The molecule has 1 N–H and O–H groups in total. The lowest BCUT2D eigenvalue weighted by atomic mass is 9.78. The molecule has 1 saturated heterocycles. The molecule has 1 aromatic carbocycles. The molecule has 3 atom stereocenters. The smallest absolute Gasteiger partial charge is 0.131 e. The van der Waals surface area contributed by atoms with Gasteiger partial charge in [0.25, 0.3) is 0 Å². The van der Waals surface area contributed by atoms with E-state index in [1.807, 2.05) is 0 Å². The number of para-hydroxylation sites is 1. The molecule has 1 unspecified atom stereocenters. The Morgan fingerprint density at radius 1 is 1.15 bits per heavy atom. The van der Waals surface area contributed by atoms with Crippen molar-refractivity contribution < 1.29 is 5.11 Å². The van der Waals surface area contributed by atoms with Crippen LogP contribution in [0.4, 0.5) is 0 Å². The lowest BCUT2D eigenvalue weighted by molar-refractivity contribution is -0.0148. The van der Waals surface area contributed by atoms with Crippen molar-refractivity contribution in [2.45, 2.75) is 38.0 Å². The summed E-state index contributed by atoms with van der Waals surface area (Å²) in [4.78, 5) is 2.66. The van der Waals surface area contributed by atoms with Crippen LogP contribution in [0, 0.1) is 5.92 Å². The van der Waals surface area contributed by atoms with Crippen LogP contribution in [-0.4, -0.2) is 27.7 Å². The third kappa shape index (κ3) is 1.28. The van der Waals surface area contributed by atoms with E-state index in [2.05, 4.69) is 33.7 Å². The minimum absolute atomic E-state index is 0.331. The van der Waals surface area contributed by atoms with Crippen LogP contribution in [0.5, 0.6) is 0 Å². The molecule has 2 aromatic rings. The maximum absolute atomic E-state index is 10.7. The normalized spacial score (nSPS) is 32.4. The molecule has 1 aromatic heterocycles. The number of hydrogen-bond donors (Lipinski definition) is 1. The molecule has 1 fully saturated rings. The second-order valence-electron chi connectivity index (χ2n) is 6.60. The molecular formula is C17H20N2O. The molecule has 0 bridgehead atoms. The molecular weight excluding hydrogens is 248 g/mol. The Kier molecular flexibility index (Phi) is 2.19. The van der Waals surface area contributed by atoms with Gasteiger partial charge in [-0.2, -0.15) is 0 Å². The Bertz CT molecular complexity index is 690. The van der Waals surface area contributed by atoms with Crippen LogP contribution in [0.15, 0.2) is 24.3 Å². The number of aromatic nitrogens is 1. The predicted octanol–water partition coefficient (Wildman–Crippen LogP) is 2.85. The summed E-state index contributed by atoms with van der Waals surface area (Å²) in [5.41, 5.74) is 4.17. The fourth-order valence-electron chi connectivity index (χ4n) is 4.93. The standard InChI is InChI=1S/C17H20N2O/c20-15-10-11-4-3-8-18-9-7-13-12-5-1-2-6-14(12)19(15)17(13)16(11)18/h1-2,5-6,11,15-16,20H,3-4,7-10H2/t11-,15?,16-/m1/s1. The van der Waals surface area contributed by atoms with Gasteiger partial charge in [-0.25, -0.2) is 0 Å². The number of aliphatic hydroxyl groups is 1. The highest BCUT2D eigenvalue weighted by molar-refractivity contribution is 5.86. The molecule has 0 radical (unpaired) electrons. The topological polar surface area (TPSA) is 28.4 Å². The molecule has 5 rings (SSSR count). The van der Waals surface area contributed by atoms with Gasteiger partial charge in [0, 0.05) is 17.6 Å². The van der Waals surface area contributed by atoms with Crippen LogP contribution >= 0.6 is 0 Å². The van der Waals surface area contributed by atoms with Crippen molar-refractivity contribution in [3.05, 3.63) is 35.5 Å². The predicted molar refractivity (Wildman–Crippen MR) is 78.6 cm³/mol. The number of fused-ring (bicyclic) bond motifs is 3. The number of rotatable bonds is 0. The quantitative estimate of drug-likeness (QED) is 0.796. The Morgan fingerprint density at radius 2 is 2.05 bits per heavy atom. The Labute approximate surface area is 118 Å². The summed E-state index contributed by atoms with van der Waals surface area (Å²) >= 11 is 0. The molecule has 3 nitrogen and oxygen atoms in total. The van der Waals surface area contributed by atoms with Crippen molar-refractivity contribution in [2.24, 2.45) is 5.92 Å². The van der Waals surface area contributed by atoms with Crippen LogP contribution < -0.4 is 0 Å². The van der Waals surface area contributed by atoms with E-state index >= 15 is 0 Å². The van der Waals surface area contributed by atoms with Crippen molar-refractivity contribution in [3.8, 4) is 0 Å². The molecule has 3 aliphatic heterocycles. The molecule has 104 valence electrons. The summed E-state index contributed by atoms with van der Waals surface area (Å²) in [6.45, 7) is 2.43. The van der Waals surface area contributed by atoms with Gasteiger partial charge < -0.3 is 9.67 Å². The lowest BCUT2D eigenvalue weighted by Crippen LogP contribution is -2.47. The van der Waals surface area contributed by atoms with Gasteiger partial charge in [0.1, 0.15) is 6.23 Å². The van der Waals surface area contributed by atoms with Gasteiger partial charge in [0.15, 0.2) is 0 Å². The Balaban J connectivity index is 1.85. The van der Waals surface area contributed by atoms with Gasteiger partial charge in [0.2, 0.25) is 0 Å². The number of nitrogens with zero attached hydrogens (tertiary/aromatic N) is 2. The van der Waals surface area contributed by atoms with Crippen molar-refractivity contribution in [1.82, 2.24) is 9.47 Å². The van der Waals surface area contributed by atoms with Gasteiger partial charge in [-0.05, 0) is 49.8 Å². The van der Waals surface area contributed by atoms with Crippen molar-refractivity contribution in [1.29, 1.82) is 0 Å². The first kappa shape index (κ1) is 11.4. The van der Waals surface area contributed by atoms with Gasteiger partial charge in [0.05, 0.1) is 11.6 Å². The molecule has 0 spiro atoms. The van der Waals surface area contributed by atoms with Crippen LogP contribution in [0.25, 0.3) is 10.9 Å². The third-order valence-electron chi connectivity index (χ3n) is 5.66. The summed E-state index contributed by atoms with van der Waals surface area (Å²) in [5.74, 6) is 0.648. The summed E-state index contributed by atoms with van der Waals surface area (Å²) < 4.78 is 2.24. The first-order valence-corrected chi connectivity index (χ1v) is 7.88. The van der Waals surface area contributed by atoms with E-state index in [-0.39, 0.29) is 6.23 Å². The monoisotopic (exact) mass is 268 g/mol. The number of benzene rings is 1. The van der Waals surface area contributed by atoms with E-state index in [4.69, 9.17) is 0 Å². The van der Waals surface area contributed by atoms with Gasteiger partial charge >= 0.3 is 0 Å². The molecule has 0 amide bonds. The van der Waals surface area contributed by atoms with Crippen molar-refractivity contribution in [2.75, 3.05) is 13.1 Å². The van der Waals surface area contributed by atoms with E-state index in [1.54, 1.807) is 0 Å². The maximum atomic E-state index is 10.7. The average molecular weight is 268 g/mol. The highest BCUT2D eigenvalue weighted by Crippen LogP contribution is 2.50. The second kappa shape index (κ2) is 3.86. The minimum Gasteiger partial charge on any atom is -0.373 e. The van der Waals surface area contributed by atoms with Crippen molar-refractivity contribution in [3.63, 3.8) is 0 Å². The molecule has 3 aliphatic rings. The highest BCUT2D eigenvalue weighted by Gasteiger charge is 2.44. The lowest BCUT2D eigenvalue weighted by Gasteiger charge is -2.48. The van der Waals surface area contributed by atoms with Crippen LogP contribution in [0.1, 0.15) is 42.8 Å². The first-order valence-electron chi connectivity index (χ1n) is 7.88. The zero-order valence-corrected chi connectivity index (χ0v) is 11.6. The van der Waals surface area contributed by atoms with Crippen LogP contribution in [0.2, 0.25) is 0 Å². The van der Waals surface area contributed by atoms with E-state index in [9.17, 15) is 5.11 Å². The molecule has 0 aliphatic carbocycles. The van der Waals surface area contributed by atoms with Crippen molar-refractivity contribution >= 4 is 10.9 Å². The maximum Gasteiger partial charge on any atom is 0.131 e. The summed E-state index contributed by atoms with van der Waals surface area (Å²) in [6, 6.07) is 9.18.